The van der Waals surface area contributed by atoms with E-state index in [0.717, 1.165) is 10.9 Å². The molecule has 13 heavy (non-hydrogen) atoms. The predicted octanol–water partition coefficient (Wildman–Crippen LogP) is 2.41. The third-order valence-corrected chi connectivity index (χ3v) is 3.21. The van der Waals surface area contributed by atoms with E-state index in [1.807, 2.05) is 11.4 Å². The second-order valence-corrected chi connectivity index (χ2v) is 4.31. The molecule has 0 saturated carbocycles. The van der Waals surface area contributed by atoms with E-state index >= 15 is 0 Å². The molecule has 0 fully saturated rings. The van der Waals surface area contributed by atoms with Crippen LogP contribution in [0.4, 0.5) is 4.79 Å². The molecule has 0 saturated heterocycles. The fraction of sp³-hybridized carbons (Fsp3) is 0.375. The molecule has 1 heterocycles. The summed E-state index contributed by atoms with van der Waals surface area (Å²) in [7, 11) is 1.36. The van der Waals surface area contributed by atoms with E-state index in [1.54, 1.807) is 11.3 Å². The lowest BCUT2D eigenvalue weighted by Crippen LogP contribution is -2.24. The maximum Gasteiger partial charge on any atom is 0.406 e. The lowest BCUT2D eigenvalue weighted by molar-refractivity contribution is 0.171. The predicted molar refractivity (Wildman–Crippen MR) is 56.1 cm³/mol. The Labute approximate surface area is 89.2 Å². The first kappa shape index (κ1) is 10.5. The van der Waals surface area contributed by atoms with Crippen molar-refractivity contribution < 1.29 is 9.53 Å². The molecule has 1 N–H and O–H groups in total. The standard InChI is InChI=1S/C8H10BrNO2S/c1-12-8(11)10-3-2-7-4-6(9)5-13-7/h4-5H,2-3H2,1H3,(H,10,11). The lowest BCUT2D eigenvalue weighted by atomic mass is 10.3. The monoisotopic (exact) mass is 263 g/mol. The Balaban J connectivity index is 2.24. The minimum absolute atomic E-state index is 0.379. The Hall–Kier alpha value is -0.550. The van der Waals surface area contributed by atoms with E-state index in [0.29, 0.717) is 6.54 Å². The summed E-state index contributed by atoms with van der Waals surface area (Å²) in [6.45, 7) is 0.611. The third-order valence-electron chi connectivity index (χ3n) is 1.45. The summed E-state index contributed by atoms with van der Waals surface area (Å²) in [5.41, 5.74) is 0. The van der Waals surface area contributed by atoms with Crippen molar-refractivity contribution in [2.75, 3.05) is 13.7 Å². The molecular weight excluding hydrogens is 254 g/mol. The van der Waals surface area contributed by atoms with Crippen LogP contribution in [0.3, 0.4) is 0 Å². The second-order valence-electron chi connectivity index (χ2n) is 2.40. The molecule has 1 amide bonds. The Bertz CT molecular complexity index is 287. The highest BCUT2D eigenvalue weighted by atomic mass is 79.9. The highest BCUT2D eigenvalue weighted by Crippen LogP contribution is 2.19. The van der Waals surface area contributed by atoms with E-state index in [2.05, 4.69) is 26.0 Å². The van der Waals surface area contributed by atoms with E-state index in [1.165, 1.54) is 12.0 Å². The van der Waals surface area contributed by atoms with E-state index in [4.69, 9.17) is 0 Å². The van der Waals surface area contributed by atoms with Crippen LogP contribution in [-0.4, -0.2) is 19.7 Å². The Morgan fingerprint density at radius 3 is 3.08 bits per heavy atom. The van der Waals surface area contributed by atoms with Gasteiger partial charge in [0.2, 0.25) is 0 Å². The van der Waals surface area contributed by atoms with Crippen LogP contribution in [0.25, 0.3) is 0 Å². The maximum atomic E-state index is 10.7. The fourth-order valence-corrected chi connectivity index (χ4v) is 2.30. The number of hydrogen-bond donors (Lipinski definition) is 1. The molecule has 0 atom stereocenters. The summed E-state index contributed by atoms with van der Waals surface area (Å²) in [5, 5.41) is 4.64. The molecule has 0 spiro atoms. The van der Waals surface area contributed by atoms with Gasteiger partial charge in [0.05, 0.1) is 7.11 Å². The molecule has 1 rings (SSSR count). The molecule has 1 aromatic heterocycles. The minimum Gasteiger partial charge on any atom is -0.453 e. The van der Waals surface area contributed by atoms with Gasteiger partial charge >= 0.3 is 6.09 Å². The van der Waals surface area contributed by atoms with Crippen molar-refractivity contribution >= 4 is 33.4 Å². The molecule has 0 aliphatic rings. The average Bonchev–Trinajstić information content (AvgIpc) is 2.51. The van der Waals surface area contributed by atoms with Crippen LogP contribution in [0.1, 0.15) is 4.88 Å². The topological polar surface area (TPSA) is 38.3 Å². The van der Waals surface area contributed by atoms with Crippen LogP contribution in [0, 0.1) is 0 Å². The van der Waals surface area contributed by atoms with Gasteiger partial charge in [0.25, 0.3) is 0 Å². The van der Waals surface area contributed by atoms with Crippen LogP contribution in [0.5, 0.6) is 0 Å². The Morgan fingerprint density at radius 2 is 2.54 bits per heavy atom. The normalized spacial score (nSPS) is 9.69. The Morgan fingerprint density at radius 1 is 1.77 bits per heavy atom. The van der Waals surface area contributed by atoms with E-state index in [-0.39, 0.29) is 6.09 Å². The molecule has 0 radical (unpaired) electrons. The quantitative estimate of drug-likeness (QED) is 0.910. The van der Waals surface area contributed by atoms with Crippen LogP contribution < -0.4 is 5.32 Å². The number of alkyl carbamates (subject to hydrolysis) is 1. The zero-order valence-corrected chi connectivity index (χ0v) is 9.57. The summed E-state index contributed by atoms with van der Waals surface area (Å²) in [6.07, 6.45) is 0.460. The molecule has 0 aliphatic heterocycles. The minimum atomic E-state index is -0.379. The summed E-state index contributed by atoms with van der Waals surface area (Å²) in [6, 6.07) is 2.05. The molecule has 0 aliphatic carbocycles. The summed E-state index contributed by atoms with van der Waals surface area (Å²) in [5.74, 6) is 0. The van der Waals surface area contributed by atoms with Gasteiger partial charge in [0.15, 0.2) is 0 Å². The highest BCUT2D eigenvalue weighted by molar-refractivity contribution is 9.10. The third kappa shape index (κ3) is 3.78. The maximum absolute atomic E-state index is 10.7. The van der Waals surface area contributed by atoms with Crippen molar-refractivity contribution in [3.8, 4) is 0 Å². The van der Waals surface area contributed by atoms with Crippen molar-refractivity contribution in [2.45, 2.75) is 6.42 Å². The van der Waals surface area contributed by atoms with E-state index in [9.17, 15) is 4.79 Å². The number of ether oxygens (including phenoxy) is 1. The van der Waals surface area contributed by atoms with Crippen molar-refractivity contribution in [1.82, 2.24) is 5.32 Å². The van der Waals surface area contributed by atoms with Gasteiger partial charge in [-0.05, 0) is 28.4 Å². The van der Waals surface area contributed by atoms with Gasteiger partial charge in [-0.15, -0.1) is 11.3 Å². The zero-order valence-electron chi connectivity index (χ0n) is 7.17. The summed E-state index contributed by atoms with van der Waals surface area (Å²) < 4.78 is 5.53. The number of amides is 1. The zero-order chi connectivity index (χ0) is 9.68. The van der Waals surface area contributed by atoms with Gasteiger partial charge in [-0.3, -0.25) is 0 Å². The van der Waals surface area contributed by atoms with Crippen LogP contribution >= 0.6 is 27.3 Å². The molecular formula is C8H10BrNO2S. The number of halogens is 1. The first-order valence-electron chi connectivity index (χ1n) is 3.77. The molecule has 0 unspecified atom stereocenters. The van der Waals surface area contributed by atoms with Crippen molar-refractivity contribution in [3.63, 3.8) is 0 Å². The number of rotatable bonds is 3. The number of hydrogen-bond acceptors (Lipinski definition) is 3. The number of nitrogens with one attached hydrogen (secondary N) is 1. The van der Waals surface area contributed by atoms with E-state index < -0.39 is 0 Å². The van der Waals surface area contributed by atoms with Crippen LogP contribution in [-0.2, 0) is 11.2 Å². The van der Waals surface area contributed by atoms with Gasteiger partial charge < -0.3 is 10.1 Å². The summed E-state index contributed by atoms with van der Waals surface area (Å²) >= 11 is 5.03. The molecule has 72 valence electrons. The smallest absolute Gasteiger partial charge is 0.406 e. The van der Waals surface area contributed by atoms with Gasteiger partial charge in [0.1, 0.15) is 0 Å². The number of carbonyl (C=O) groups is 1. The van der Waals surface area contributed by atoms with Crippen molar-refractivity contribution in [1.29, 1.82) is 0 Å². The summed E-state index contributed by atoms with van der Waals surface area (Å²) in [4.78, 5) is 11.9. The number of carbonyl (C=O) groups excluding carboxylic acids is 1. The molecule has 1 aromatic rings. The number of methoxy groups -OCH3 is 1. The molecule has 0 bridgehead atoms. The largest absolute Gasteiger partial charge is 0.453 e. The fourth-order valence-electron chi connectivity index (χ4n) is 0.845. The van der Waals surface area contributed by atoms with Crippen molar-refractivity contribution in [3.05, 3.63) is 20.8 Å². The van der Waals surface area contributed by atoms with Gasteiger partial charge in [0, 0.05) is 21.3 Å². The highest BCUT2D eigenvalue weighted by Gasteiger charge is 1.99. The second kappa shape index (κ2) is 5.24. The molecule has 5 heteroatoms. The first-order valence-corrected chi connectivity index (χ1v) is 5.44. The van der Waals surface area contributed by atoms with Gasteiger partial charge in [-0.2, -0.15) is 0 Å². The number of thiophene rings is 1. The molecule has 3 nitrogen and oxygen atoms in total. The van der Waals surface area contributed by atoms with Gasteiger partial charge in [-0.25, -0.2) is 4.79 Å². The Kier molecular flexibility index (Phi) is 4.24. The van der Waals surface area contributed by atoms with Gasteiger partial charge in [-0.1, -0.05) is 0 Å². The lowest BCUT2D eigenvalue weighted by Gasteiger charge is -2.00. The SMILES string of the molecule is COC(=O)NCCc1cc(Br)cs1. The van der Waals surface area contributed by atoms with Crippen LogP contribution in [0.15, 0.2) is 15.9 Å². The van der Waals surface area contributed by atoms with Crippen molar-refractivity contribution in [2.24, 2.45) is 0 Å². The first-order chi connectivity index (χ1) is 6.22. The average molecular weight is 264 g/mol. The molecule has 0 aromatic carbocycles. The van der Waals surface area contributed by atoms with Crippen LogP contribution in [0.2, 0.25) is 0 Å².